The van der Waals surface area contributed by atoms with E-state index in [0.717, 1.165) is 28.1 Å². The van der Waals surface area contributed by atoms with Crippen LogP contribution in [0.5, 0.6) is 0 Å². The van der Waals surface area contributed by atoms with Crippen molar-refractivity contribution < 1.29 is 5.11 Å². The molecule has 6 heteroatoms. The molecule has 0 aliphatic rings. The summed E-state index contributed by atoms with van der Waals surface area (Å²) in [7, 11) is 0. The van der Waals surface area contributed by atoms with Gasteiger partial charge in [0.1, 0.15) is 6.33 Å². The topological polar surface area (TPSA) is 75.9 Å². The Hall–Kier alpha value is -2.73. The molecule has 1 aromatic heterocycles. The van der Waals surface area contributed by atoms with Crippen LogP contribution in [0.1, 0.15) is 29.7 Å². The fourth-order valence-corrected chi connectivity index (χ4v) is 2.51. The van der Waals surface area contributed by atoms with Crippen LogP contribution >= 0.6 is 0 Å². The van der Waals surface area contributed by atoms with E-state index in [1.165, 1.54) is 0 Å². The maximum Gasteiger partial charge on any atom is 0.143 e. The minimum Gasteiger partial charge on any atom is -0.392 e. The van der Waals surface area contributed by atoms with E-state index in [4.69, 9.17) is 0 Å². The molecule has 118 valence electrons. The number of benzene rings is 2. The van der Waals surface area contributed by atoms with Crippen molar-refractivity contribution >= 4 is 5.69 Å². The monoisotopic (exact) mass is 309 g/mol. The number of nitrogens with one attached hydrogen (secondary N) is 1. The molecule has 1 heterocycles. The Balaban J connectivity index is 1.83. The average Bonchev–Trinajstić information content (AvgIpc) is 3.11. The summed E-state index contributed by atoms with van der Waals surface area (Å²) in [6.07, 6.45) is 1.58. The van der Waals surface area contributed by atoms with Gasteiger partial charge in [-0.3, -0.25) is 0 Å². The summed E-state index contributed by atoms with van der Waals surface area (Å²) in [5.41, 5.74) is 5.06. The van der Waals surface area contributed by atoms with Crippen LogP contribution in [-0.4, -0.2) is 25.3 Å². The Morgan fingerprint density at radius 1 is 1.22 bits per heavy atom. The fourth-order valence-electron chi connectivity index (χ4n) is 2.51. The second-order valence-electron chi connectivity index (χ2n) is 5.52. The number of rotatable bonds is 5. The van der Waals surface area contributed by atoms with Crippen LogP contribution < -0.4 is 5.32 Å². The van der Waals surface area contributed by atoms with Gasteiger partial charge in [-0.05, 0) is 53.1 Å². The molecule has 0 amide bonds. The van der Waals surface area contributed by atoms with Gasteiger partial charge in [0.2, 0.25) is 0 Å². The van der Waals surface area contributed by atoms with Crippen LogP contribution in [0.3, 0.4) is 0 Å². The van der Waals surface area contributed by atoms with E-state index in [-0.39, 0.29) is 12.6 Å². The van der Waals surface area contributed by atoms with Gasteiger partial charge in [0.25, 0.3) is 0 Å². The van der Waals surface area contributed by atoms with Gasteiger partial charge in [0, 0.05) is 11.7 Å². The van der Waals surface area contributed by atoms with Gasteiger partial charge in [-0.15, -0.1) is 5.10 Å². The highest BCUT2D eigenvalue weighted by Gasteiger charge is 2.09. The maximum absolute atomic E-state index is 9.26. The van der Waals surface area contributed by atoms with E-state index in [2.05, 4.69) is 27.8 Å². The first-order valence-electron chi connectivity index (χ1n) is 7.47. The molecule has 1 atom stereocenters. The zero-order valence-corrected chi connectivity index (χ0v) is 13.1. The molecule has 0 fully saturated rings. The van der Waals surface area contributed by atoms with Crippen LogP contribution in [-0.2, 0) is 6.61 Å². The molecule has 0 saturated heterocycles. The summed E-state index contributed by atoms with van der Waals surface area (Å²) in [6.45, 7) is 4.16. The molecule has 23 heavy (non-hydrogen) atoms. The molecule has 2 aromatic carbocycles. The Kier molecular flexibility index (Phi) is 4.34. The molecular formula is C17H19N5O. The molecule has 0 radical (unpaired) electrons. The van der Waals surface area contributed by atoms with Gasteiger partial charge in [-0.25, -0.2) is 4.68 Å². The molecular weight excluding hydrogens is 290 g/mol. The van der Waals surface area contributed by atoms with Crippen molar-refractivity contribution in [2.24, 2.45) is 0 Å². The van der Waals surface area contributed by atoms with Crippen molar-refractivity contribution in [2.75, 3.05) is 5.32 Å². The van der Waals surface area contributed by atoms with E-state index >= 15 is 0 Å². The lowest BCUT2D eigenvalue weighted by Crippen LogP contribution is -2.08. The molecule has 0 aliphatic heterocycles. The van der Waals surface area contributed by atoms with E-state index < -0.39 is 0 Å². The Morgan fingerprint density at radius 3 is 2.83 bits per heavy atom. The Morgan fingerprint density at radius 2 is 2.09 bits per heavy atom. The number of anilines is 1. The minimum absolute atomic E-state index is 0.0501. The van der Waals surface area contributed by atoms with Gasteiger partial charge < -0.3 is 10.4 Å². The average molecular weight is 309 g/mol. The maximum atomic E-state index is 9.26. The second-order valence-corrected chi connectivity index (χ2v) is 5.52. The molecule has 0 aliphatic carbocycles. The number of hydrogen-bond donors (Lipinski definition) is 2. The summed E-state index contributed by atoms with van der Waals surface area (Å²) in [6, 6.07) is 14.1. The standard InChI is InChI=1S/C17H19N5O/c1-12-6-7-16(9-17(12)22-11-18-20-21-22)19-13(2)15-5-3-4-14(8-15)10-23/h3-9,11,13,19,23H,10H2,1-2H3. The van der Waals surface area contributed by atoms with Crippen LogP contribution in [0, 0.1) is 6.92 Å². The minimum atomic E-state index is 0.0501. The first-order valence-corrected chi connectivity index (χ1v) is 7.47. The fraction of sp³-hybridized carbons (Fsp3) is 0.235. The number of aromatic nitrogens is 4. The predicted molar refractivity (Wildman–Crippen MR) is 88.3 cm³/mol. The first kappa shape index (κ1) is 15.2. The number of aliphatic hydroxyl groups excluding tert-OH is 1. The summed E-state index contributed by atoms with van der Waals surface area (Å²) >= 11 is 0. The third kappa shape index (κ3) is 3.37. The highest BCUT2D eigenvalue weighted by molar-refractivity contribution is 5.55. The molecule has 1 unspecified atom stereocenters. The Labute approximate surface area is 134 Å². The number of tetrazole rings is 1. The highest BCUT2D eigenvalue weighted by Crippen LogP contribution is 2.23. The smallest absolute Gasteiger partial charge is 0.143 e. The molecule has 2 N–H and O–H groups in total. The van der Waals surface area contributed by atoms with Crippen LogP contribution in [0.4, 0.5) is 5.69 Å². The molecule has 0 saturated carbocycles. The summed E-state index contributed by atoms with van der Waals surface area (Å²) < 4.78 is 1.65. The van der Waals surface area contributed by atoms with Crippen molar-refractivity contribution in [3.05, 3.63) is 65.5 Å². The molecule has 6 nitrogen and oxygen atoms in total. The van der Waals surface area contributed by atoms with Crippen LogP contribution in [0.2, 0.25) is 0 Å². The number of aryl methyl sites for hydroxylation is 1. The van der Waals surface area contributed by atoms with Crippen molar-refractivity contribution in [3.8, 4) is 5.69 Å². The second kappa shape index (κ2) is 6.58. The summed E-state index contributed by atoms with van der Waals surface area (Å²) in [4.78, 5) is 0. The number of nitrogens with zero attached hydrogens (tertiary/aromatic N) is 4. The van der Waals surface area contributed by atoms with E-state index in [0.29, 0.717) is 0 Å². The molecule has 3 aromatic rings. The lowest BCUT2D eigenvalue weighted by Gasteiger charge is -2.17. The molecule has 3 rings (SSSR count). The lowest BCUT2D eigenvalue weighted by atomic mass is 10.0. The largest absolute Gasteiger partial charge is 0.392 e. The van der Waals surface area contributed by atoms with Crippen molar-refractivity contribution in [2.45, 2.75) is 26.5 Å². The zero-order chi connectivity index (χ0) is 16.2. The van der Waals surface area contributed by atoms with E-state index in [9.17, 15) is 5.11 Å². The van der Waals surface area contributed by atoms with Gasteiger partial charge >= 0.3 is 0 Å². The van der Waals surface area contributed by atoms with E-state index in [1.54, 1.807) is 11.0 Å². The molecule has 0 bridgehead atoms. The predicted octanol–water partition coefficient (Wildman–Crippen LogP) is 2.64. The van der Waals surface area contributed by atoms with E-state index in [1.807, 2.05) is 49.4 Å². The molecule has 0 spiro atoms. The Bertz CT molecular complexity index is 785. The SMILES string of the molecule is Cc1ccc(NC(C)c2cccc(CO)c2)cc1-n1cnnn1. The van der Waals surface area contributed by atoms with Gasteiger partial charge in [-0.2, -0.15) is 0 Å². The first-order chi connectivity index (χ1) is 11.2. The summed E-state index contributed by atoms with van der Waals surface area (Å²) in [5, 5.41) is 24.1. The lowest BCUT2D eigenvalue weighted by molar-refractivity contribution is 0.281. The number of aliphatic hydroxyl groups is 1. The highest BCUT2D eigenvalue weighted by atomic mass is 16.3. The normalized spacial score (nSPS) is 12.1. The van der Waals surface area contributed by atoms with Crippen molar-refractivity contribution in [1.29, 1.82) is 0 Å². The van der Waals surface area contributed by atoms with Crippen molar-refractivity contribution in [1.82, 2.24) is 20.2 Å². The van der Waals surface area contributed by atoms with Crippen LogP contribution in [0.25, 0.3) is 5.69 Å². The van der Waals surface area contributed by atoms with Gasteiger partial charge in [-0.1, -0.05) is 30.3 Å². The number of hydrogen-bond acceptors (Lipinski definition) is 5. The summed E-state index contributed by atoms with van der Waals surface area (Å²) in [5.74, 6) is 0. The van der Waals surface area contributed by atoms with Gasteiger partial charge in [0.05, 0.1) is 12.3 Å². The van der Waals surface area contributed by atoms with Crippen molar-refractivity contribution in [3.63, 3.8) is 0 Å². The third-order valence-electron chi connectivity index (χ3n) is 3.82. The third-order valence-corrected chi connectivity index (χ3v) is 3.82. The van der Waals surface area contributed by atoms with Crippen LogP contribution in [0.15, 0.2) is 48.8 Å². The zero-order valence-electron chi connectivity index (χ0n) is 13.1. The quantitative estimate of drug-likeness (QED) is 0.758. The van der Waals surface area contributed by atoms with Gasteiger partial charge in [0.15, 0.2) is 0 Å².